The van der Waals surface area contributed by atoms with Crippen LogP contribution in [0.3, 0.4) is 0 Å². The van der Waals surface area contributed by atoms with E-state index in [1.807, 2.05) is 30.3 Å². The van der Waals surface area contributed by atoms with Crippen LogP contribution in [0.15, 0.2) is 54.6 Å². The SMILES string of the molecule is O=C(COC(=O)[C@@H]1CC(=O)N(Cc2ccccc2)C1)Nc1ccccc1Cl. The van der Waals surface area contributed by atoms with E-state index >= 15 is 0 Å². The number of esters is 1. The molecule has 1 fully saturated rings. The van der Waals surface area contributed by atoms with Gasteiger partial charge in [0.2, 0.25) is 5.91 Å². The summed E-state index contributed by atoms with van der Waals surface area (Å²) in [7, 11) is 0. The summed E-state index contributed by atoms with van der Waals surface area (Å²) >= 11 is 5.97. The second-order valence-corrected chi connectivity index (χ2v) is 6.70. The minimum Gasteiger partial charge on any atom is -0.455 e. The number of benzene rings is 2. The third-order valence-electron chi connectivity index (χ3n) is 4.26. The van der Waals surface area contributed by atoms with Gasteiger partial charge in [0, 0.05) is 19.5 Å². The number of halogens is 1. The Labute approximate surface area is 162 Å². The second kappa shape index (κ2) is 8.68. The van der Waals surface area contributed by atoms with Crippen molar-refractivity contribution in [3.8, 4) is 0 Å². The Morgan fingerprint density at radius 2 is 1.81 bits per heavy atom. The first kappa shape index (κ1) is 18.9. The van der Waals surface area contributed by atoms with E-state index in [0.717, 1.165) is 5.56 Å². The Kier molecular flexibility index (Phi) is 6.08. The van der Waals surface area contributed by atoms with Crippen molar-refractivity contribution in [2.45, 2.75) is 13.0 Å². The average Bonchev–Trinajstić information content (AvgIpc) is 3.03. The molecule has 140 valence electrons. The Morgan fingerprint density at radius 1 is 1.11 bits per heavy atom. The first-order valence-corrected chi connectivity index (χ1v) is 8.93. The molecule has 0 spiro atoms. The predicted octanol–water partition coefficient (Wildman–Crippen LogP) is 2.87. The van der Waals surface area contributed by atoms with Crippen molar-refractivity contribution in [1.82, 2.24) is 4.90 Å². The molecule has 0 aliphatic carbocycles. The molecule has 0 unspecified atom stereocenters. The number of amides is 2. The molecule has 27 heavy (non-hydrogen) atoms. The number of hydrogen-bond donors (Lipinski definition) is 1. The number of anilines is 1. The van der Waals surface area contributed by atoms with Crippen LogP contribution in [-0.4, -0.2) is 35.8 Å². The zero-order valence-corrected chi connectivity index (χ0v) is 15.3. The van der Waals surface area contributed by atoms with Gasteiger partial charge in [-0.05, 0) is 17.7 Å². The van der Waals surface area contributed by atoms with Gasteiger partial charge >= 0.3 is 5.97 Å². The molecule has 2 amide bonds. The van der Waals surface area contributed by atoms with E-state index in [-0.39, 0.29) is 12.3 Å². The van der Waals surface area contributed by atoms with Gasteiger partial charge in [-0.1, -0.05) is 54.1 Å². The number of carbonyl (C=O) groups is 3. The molecular formula is C20H19ClN2O4. The van der Waals surface area contributed by atoms with Gasteiger partial charge in [0.1, 0.15) is 0 Å². The largest absolute Gasteiger partial charge is 0.455 e. The molecule has 1 atom stereocenters. The number of nitrogens with one attached hydrogen (secondary N) is 1. The van der Waals surface area contributed by atoms with Crippen LogP contribution in [0, 0.1) is 5.92 Å². The smallest absolute Gasteiger partial charge is 0.311 e. The molecule has 7 heteroatoms. The summed E-state index contributed by atoms with van der Waals surface area (Å²) in [5.41, 5.74) is 1.45. The van der Waals surface area contributed by atoms with Crippen LogP contribution >= 0.6 is 11.6 Å². The van der Waals surface area contributed by atoms with E-state index in [1.54, 1.807) is 29.2 Å². The van der Waals surface area contributed by atoms with Gasteiger partial charge < -0.3 is 15.0 Å². The second-order valence-electron chi connectivity index (χ2n) is 6.30. The number of para-hydroxylation sites is 1. The Balaban J connectivity index is 1.48. The van der Waals surface area contributed by atoms with Crippen LogP contribution in [0.2, 0.25) is 5.02 Å². The zero-order chi connectivity index (χ0) is 19.2. The first-order valence-electron chi connectivity index (χ1n) is 8.55. The summed E-state index contributed by atoms with van der Waals surface area (Å²) in [4.78, 5) is 37.9. The zero-order valence-electron chi connectivity index (χ0n) is 14.6. The lowest BCUT2D eigenvalue weighted by Crippen LogP contribution is -2.28. The van der Waals surface area contributed by atoms with E-state index in [9.17, 15) is 14.4 Å². The molecule has 3 rings (SSSR count). The van der Waals surface area contributed by atoms with Crippen LogP contribution in [0.4, 0.5) is 5.69 Å². The average molecular weight is 387 g/mol. The number of ether oxygens (including phenoxy) is 1. The van der Waals surface area contributed by atoms with Crippen molar-refractivity contribution < 1.29 is 19.1 Å². The summed E-state index contributed by atoms with van der Waals surface area (Å²) in [5.74, 6) is -1.69. The van der Waals surface area contributed by atoms with Crippen LogP contribution < -0.4 is 5.32 Å². The fourth-order valence-electron chi connectivity index (χ4n) is 2.89. The maximum atomic E-state index is 12.2. The molecule has 0 saturated carbocycles. The van der Waals surface area contributed by atoms with E-state index < -0.39 is 24.4 Å². The van der Waals surface area contributed by atoms with E-state index in [0.29, 0.717) is 23.8 Å². The first-order chi connectivity index (χ1) is 13.0. The molecule has 1 aliphatic rings. The van der Waals surface area contributed by atoms with Crippen molar-refractivity contribution in [2.75, 3.05) is 18.5 Å². The van der Waals surface area contributed by atoms with E-state index in [2.05, 4.69) is 5.32 Å². The third kappa shape index (κ3) is 5.08. The molecule has 2 aromatic carbocycles. The maximum Gasteiger partial charge on any atom is 0.311 e. The van der Waals surface area contributed by atoms with Crippen molar-refractivity contribution in [3.05, 3.63) is 65.2 Å². The van der Waals surface area contributed by atoms with Crippen LogP contribution in [0.1, 0.15) is 12.0 Å². The molecule has 6 nitrogen and oxygen atoms in total. The highest BCUT2D eigenvalue weighted by Crippen LogP contribution is 2.22. The lowest BCUT2D eigenvalue weighted by atomic mass is 10.1. The minimum absolute atomic E-state index is 0.0950. The fraction of sp³-hybridized carbons (Fsp3) is 0.250. The highest BCUT2D eigenvalue weighted by atomic mass is 35.5. The van der Waals surface area contributed by atoms with E-state index in [1.165, 1.54) is 0 Å². The van der Waals surface area contributed by atoms with E-state index in [4.69, 9.17) is 16.3 Å². The van der Waals surface area contributed by atoms with Crippen molar-refractivity contribution in [1.29, 1.82) is 0 Å². The third-order valence-corrected chi connectivity index (χ3v) is 4.59. The molecule has 0 radical (unpaired) electrons. The number of carbonyl (C=O) groups excluding carboxylic acids is 3. The summed E-state index contributed by atoms with van der Waals surface area (Å²) in [5, 5.41) is 2.98. The monoisotopic (exact) mass is 386 g/mol. The Morgan fingerprint density at radius 3 is 2.56 bits per heavy atom. The highest BCUT2D eigenvalue weighted by Gasteiger charge is 2.35. The number of likely N-dealkylation sites (tertiary alicyclic amines) is 1. The molecule has 1 N–H and O–H groups in total. The summed E-state index contributed by atoms with van der Waals surface area (Å²) in [6.07, 6.45) is 0.0950. The Hall–Kier alpha value is -2.86. The van der Waals surface area contributed by atoms with Gasteiger partial charge in [-0.2, -0.15) is 0 Å². The van der Waals surface area contributed by atoms with Crippen molar-refractivity contribution in [2.24, 2.45) is 5.92 Å². The lowest BCUT2D eigenvalue weighted by molar-refractivity contribution is -0.151. The Bertz CT molecular complexity index is 841. The van der Waals surface area contributed by atoms with Crippen molar-refractivity contribution in [3.63, 3.8) is 0 Å². The highest BCUT2D eigenvalue weighted by molar-refractivity contribution is 6.33. The quantitative estimate of drug-likeness (QED) is 0.774. The minimum atomic E-state index is -0.561. The normalized spacial score (nSPS) is 16.3. The molecule has 1 saturated heterocycles. The topological polar surface area (TPSA) is 75.7 Å². The van der Waals surface area contributed by atoms with Crippen LogP contribution in [0.5, 0.6) is 0 Å². The van der Waals surface area contributed by atoms with Gasteiger partial charge in [0.15, 0.2) is 6.61 Å². The van der Waals surface area contributed by atoms with Gasteiger partial charge in [-0.3, -0.25) is 14.4 Å². The van der Waals surface area contributed by atoms with Gasteiger partial charge in [-0.25, -0.2) is 0 Å². The molecular weight excluding hydrogens is 368 g/mol. The van der Waals surface area contributed by atoms with Crippen molar-refractivity contribution >= 4 is 35.1 Å². The molecule has 1 heterocycles. The van der Waals surface area contributed by atoms with Gasteiger partial charge in [0.05, 0.1) is 16.6 Å². The summed E-state index contributed by atoms with van der Waals surface area (Å²) in [6, 6.07) is 16.3. The summed E-state index contributed by atoms with van der Waals surface area (Å²) < 4.78 is 5.07. The summed E-state index contributed by atoms with van der Waals surface area (Å²) in [6.45, 7) is 0.322. The number of rotatable bonds is 6. The molecule has 2 aromatic rings. The van der Waals surface area contributed by atoms with Gasteiger partial charge in [0.25, 0.3) is 5.91 Å². The number of nitrogens with zero attached hydrogens (tertiary/aromatic N) is 1. The lowest BCUT2D eigenvalue weighted by Gasteiger charge is -2.16. The standard InChI is InChI=1S/C20H19ClN2O4/c21-16-8-4-5-9-17(16)22-18(24)13-27-20(26)15-10-19(25)23(12-15)11-14-6-2-1-3-7-14/h1-9,15H,10-13H2,(H,22,24)/t15-/m1/s1. The molecule has 1 aliphatic heterocycles. The molecule has 0 bridgehead atoms. The molecule has 0 aromatic heterocycles. The van der Waals surface area contributed by atoms with Crippen LogP contribution in [-0.2, 0) is 25.7 Å². The van der Waals surface area contributed by atoms with Crippen LogP contribution in [0.25, 0.3) is 0 Å². The number of hydrogen-bond acceptors (Lipinski definition) is 4. The predicted molar refractivity (Wildman–Crippen MR) is 101 cm³/mol. The van der Waals surface area contributed by atoms with Gasteiger partial charge in [-0.15, -0.1) is 0 Å². The fourth-order valence-corrected chi connectivity index (χ4v) is 3.07. The maximum absolute atomic E-state index is 12.2.